The summed E-state index contributed by atoms with van der Waals surface area (Å²) in [5.74, 6) is -2.41. The lowest BCUT2D eigenvalue weighted by atomic mass is 10.0. The molecule has 1 unspecified atom stereocenters. The van der Waals surface area contributed by atoms with Gasteiger partial charge in [0.2, 0.25) is 0 Å². The highest BCUT2D eigenvalue weighted by Crippen LogP contribution is 2.31. The maximum Gasteiger partial charge on any atom is 0.166 e. The van der Waals surface area contributed by atoms with E-state index in [-0.39, 0.29) is 17.2 Å². The summed E-state index contributed by atoms with van der Waals surface area (Å²) < 4.78 is 45.5. The zero-order chi connectivity index (χ0) is 13.1. The summed E-state index contributed by atoms with van der Waals surface area (Å²) in [5.41, 5.74) is 0.225. The van der Waals surface area contributed by atoms with Gasteiger partial charge in [0.05, 0.1) is 12.4 Å². The molecular formula is C14H13F3O. The largest absolute Gasteiger partial charge is 0.498 e. The molecule has 1 aliphatic heterocycles. The third-order valence-corrected chi connectivity index (χ3v) is 2.84. The van der Waals surface area contributed by atoms with Crippen LogP contribution in [0.25, 0.3) is 5.83 Å². The molecule has 2 rings (SSSR count). The Kier molecular flexibility index (Phi) is 3.75. The van der Waals surface area contributed by atoms with Gasteiger partial charge < -0.3 is 4.74 Å². The van der Waals surface area contributed by atoms with Gasteiger partial charge in [0.1, 0.15) is 5.82 Å². The average molecular weight is 254 g/mol. The molecule has 1 nitrogen and oxygen atoms in total. The third kappa shape index (κ3) is 2.75. The van der Waals surface area contributed by atoms with Crippen molar-refractivity contribution in [1.82, 2.24) is 0 Å². The van der Waals surface area contributed by atoms with Crippen molar-refractivity contribution >= 4 is 5.83 Å². The van der Waals surface area contributed by atoms with Crippen molar-refractivity contribution in [2.75, 3.05) is 0 Å². The predicted molar refractivity (Wildman–Crippen MR) is 63.4 cm³/mol. The molecule has 0 aromatic heterocycles. The summed E-state index contributed by atoms with van der Waals surface area (Å²) >= 11 is 0. The fraction of sp³-hybridized carbons (Fsp3) is 0.286. The Labute approximate surface area is 104 Å². The molecule has 0 spiro atoms. The molecule has 1 aliphatic rings. The molecule has 0 aliphatic carbocycles. The van der Waals surface area contributed by atoms with E-state index in [1.165, 1.54) is 18.4 Å². The van der Waals surface area contributed by atoms with Crippen molar-refractivity contribution < 1.29 is 17.9 Å². The molecule has 0 radical (unpaired) electrons. The van der Waals surface area contributed by atoms with Crippen LogP contribution in [0.15, 0.2) is 41.9 Å². The Bertz CT molecular complexity index is 488. The fourth-order valence-electron chi connectivity index (χ4n) is 1.71. The second-order valence-electron chi connectivity index (χ2n) is 4.26. The molecule has 18 heavy (non-hydrogen) atoms. The lowest BCUT2D eigenvalue weighted by Gasteiger charge is -2.19. The van der Waals surface area contributed by atoms with E-state index in [9.17, 15) is 13.2 Å². The molecule has 96 valence electrons. The third-order valence-electron chi connectivity index (χ3n) is 2.84. The first-order valence-corrected chi connectivity index (χ1v) is 5.74. The van der Waals surface area contributed by atoms with Crippen molar-refractivity contribution in [3.05, 3.63) is 53.3 Å². The zero-order valence-electron chi connectivity index (χ0n) is 9.92. The zero-order valence-corrected chi connectivity index (χ0v) is 9.92. The SMILES string of the molecule is CC1CCC(/C(F)=C(\F)c2ccc(F)cc2)=CO1. The van der Waals surface area contributed by atoms with Crippen LogP contribution in [0.4, 0.5) is 13.2 Å². The smallest absolute Gasteiger partial charge is 0.166 e. The first-order chi connectivity index (χ1) is 8.58. The molecule has 1 aromatic rings. The van der Waals surface area contributed by atoms with Crippen molar-refractivity contribution in [2.24, 2.45) is 0 Å². The summed E-state index contributed by atoms with van der Waals surface area (Å²) in [6, 6.07) is 4.60. The Morgan fingerprint density at radius 1 is 1.17 bits per heavy atom. The van der Waals surface area contributed by atoms with E-state index in [1.807, 2.05) is 6.92 Å². The number of halogens is 3. The highest BCUT2D eigenvalue weighted by molar-refractivity contribution is 5.64. The van der Waals surface area contributed by atoms with Crippen LogP contribution in [0, 0.1) is 5.82 Å². The molecule has 0 amide bonds. The summed E-state index contributed by atoms with van der Waals surface area (Å²) in [5, 5.41) is 0. The summed E-state index contributed by atoms with van der Waals surface area (Å²) in [6.45, 7) is 1.87. The Morgan fingerprint density at radius 3 is 2.39 bits per heavy atom. The van der Waals surface area contributed by atoms with Crippen LogP contribution in [-0.2, 0) is 4.74 Å². The van der Waals surface area contributed by atoms with Gasteiger partial charge in [0.25, 0.3) is 0 Å². The van der Waals surface area contributed by atoms with Gasteiger partial charge in [-0.3, -0.25) is 0 Å². The Hall–Kier alpha value is -1.71. The molecule has 0 N–H and O–H groups in total. The molecule has 0 bridgehead atoms. The molecule has 1 atom stereocenters. The lowest BCUT2D eigenvalue weighted by Crippen LogP contribution is -2.10. The summed E-state index contributed by atoms with van der Waals surface area (Å²) in [6.07, 6.45) is 2.36. The molecule has 1 aromatic carbocycles. The van der Waals surface area contributed by atoms with E-state index < -0.39 is 17.5 Å². The number of rotatable bonds is 2. The molecule has 4 heteroatoms. The van der Waals surface area contributed by atoms with Crippen LogP contribution in [-0.4, -0.2) is 6.10 Å². The predicted octanol–water partition coefficient (Wildman–Crippen LogP) is 4.52. The van der Waals surface area contributed by atoms with E-state index in [1.54, 1.807) is 0 Å². The number of ether oxygens (including phenoxy) is 1. The standard InChI is InChI=1S/C14H13F3O/c1-9-2-3-11(8-18-9)14(17)13(16)10-4-6-12(15)7-5-10/h4-9H,2-3H2,1H3/b14-13+. The molecule has 0 saturated heterocycles. The van der Waals surface area contributed by atoms with Crippen LogP contribution in [0.5, 0.6) is 0 Å². The summed E-state index contributed by atoms with van der Waals surface area (Å²) in [7, 11) is 0. The average Bonchev–Trinajstić information content (AvgIpc) is 2.39. The first kappa shape index (κ1) is 12.7. The van der Waals surface area contributed by atoms with E-state index in [4.69, 9.17) is 4.74 Å². The highest BCUT2D eigenvalue weighted by atomic mass is 19.2. The van der Waals surface area contributed by atoms with Crippen molar-refractivity contribution in [3.63, 3.8) is 0 Å². The van der Waals surface area contributed by atoms with E-state index in [0.717, 1.165) is 12.1 Å². The van der Waals surface area contributed by atoms with Crippen LogP contribution >= 0.6 is 0 Å². The number of benzene rings is 1. The minimum atomic E-state index is -0.987. The van der Waals surface area contributed by atoms with Gasteiger partial charge in [0, 0.05) is 11.1 Å². The van der Waals surface area contributed by atoms with Gasteiger partial charge >= 0.3 is 0 Å². The fourth-order valence-corrected chi connectivity index (χ4v) is 1.71. The number of allylic oxidation sites excluding steroid dienone is 2. The van der Waals surface area contributed by atoms with Crippen molar-refractivity contribution in [1.29, 1.82) is 0 Å². The minimum absolute atomic E-state index is 0.0217. The monoisotopic (exact) mass is 254 g/mol. The molecule has 0 fully saturated rings. The number of hydrogen-bond donors (Lipinski definition) is 0. The van der Waals surface area contributed by atoms with Crippen LogP contribution in [0.2, 0.25) is 0 Å². The highest BCUT2D eigenvalue weighted by Gasteiger charge is 2.18. The van der Waals surface area contributed by atoms with Crippen LogP contribution < -0.4 is 0 Å². The van der Waals surface area contributed by atoms with Crippen molar-refractivity contribution in [3.8, 4) is 0 Å². The van der Waals surface area contributed by atoms with Crippen LogP contribution in [0.1, 0.15) is 25.3 Å². The Morgan fingerprint density at radius 2 is 1.83 bits per heavy atom. The second-order valence-corrected chi connectivity index (χ2v) is 4.26. The van der Waals surface area contributed by atoms with Gasteiger partial charge in [-0.15, -0.1) is 0 Å². The van der Waals surface area contributed by atoms with Gasteiger partial charge in [-0.1, -0.05) is 0 Å². The lowest BCUT2D eigenvalue weighted by molar-refractivity contribution is 0.136. The maximum atomic E-state index is 13.9. The molecule has 0 saturated carbocycles. The molecular weight excluding hydrogens is 241 g/mol. The Balaban J connectivity index is 2.27. The van der Waals surface area contributed by atoms with Crippen LogP contribution in [0.3, 0.4) is 0 Å². The normalized spacial score (nSPS) is 20.9. The van der Waals surface area contributed by atoms with Gasteiger partial charge in [-0.05, 0) is 44.0 Å². The van der Waals surface area contributed by atoms with Gasteiger partial charge in [-0.2, -0.15) is 0 Å². The number of hydrogen-bond acceptors (Lipinski definition) is 1. The quantitative estimate of drug-likeness (QED) is 0.754. The minimum Gasteiger partial charge on any atom is -0.498 e. The van der Waals surface area contributed by atoms with E-state index in [0.29, 0.717) is 12.8 Å². The first-order valence-electron chi connectivity index (χ1n) is 5.74. The van der Waals surface area contributed by atoms with E-state index in [2.05, 4.69) is 0 Å². The second kappa shape index (κ2) is 5.29. The summed E-state index contributed by atoms with van der Waals surface area (Å²) in [4.78, 5) is 0. The molecule has 1 heterocycles. The maximum absolute atomic E-state index is 13.9. The van der Waals surface area contributed by atoms with Gasteiger partial charge in [0.15, 0.2) is 11.7 Å². The van der Waals surface area contributed by atoms with Gasteiger partial charge in [-0.25, -0.2) is 13.2 Å². The van der Waals surface area contributed by atoms with Crippen molar-refractivity contribution in [2.45, 2.75) is 25.9 Å². The van der Waals surface area contributed by atoms with E-state index >= 15 is 0 Å². The topological polar surface area (TPSA) is 9.23 Å².